The zero-order valence-corrected chi connectivity index (χ0v) is 19.0. The summed E-state index contributed by atoms with van der Waals surface area (Å²) in [5, 5.41) is 10.2. The van der Waals surface area contributed by atoms with Crippen LogP contribution in [-0.2, 0) is 11.2 Å². The molecule has 3 atom stereocenters. The van der Waals surface area contributed by atoms with E-state index in [0.29, 0.717) is 13.0 Å². The van der Waals surface area contributed by atoms with Crippen LogP contribution in [0.1, 0.15) is 23.6 Å². The number of carbonyl (C=O) groups is 1. The first-order chi connectivity index (χ1) is 16.1. The van der Waals surface area contributed by atoms with Gasteiger partial charge in [0.25, 0.3) is 0 Å². The van der Waals surface area contributed by atoms with E-state index in [2.05, 4.69) is 40.2 Å². The van der Waals surface area contributed by atoms with E-state index in [4.69, 9.17) is 4.74 Å². The highest BCUT2D eigenvalue weighted by molar-refractivity contribution is 5.81. The van der Waals surface area contributed by atoms with Gasteiger partial charge in [-0.05, 0) is 59.0 Å². The Morgan fingerprint density at radius 3 is 2.64 bits per heavy atom. The molecule has 0 aliphatic carbocycles. The molecule has 0 unspecified atom stereocenters. The Balaban J connectivity index is 1.53. The molecule has 2 aliphatic rings. The summed E-state index contributed by atoms with van der Waals surface area (Å²) >= 11 is 0. The van der Waals surface area contributed by atoms with Gasteiger partial charge in [0.2, 0.25) is 5.91 Å². The van der Waals surface area contributed by atoms with Crippen LogP contribution in [-0.4, -0.2) is 54.2 Å². The highest BCUT2D eigenvalue weighted by atomic mass is 16.5. The Hall–Kier alpha value is -3.38. The molecular formula is C27H29N3O3. The third-order valence-electron chi connectivity index (χ3n) is 7.17. The lowest BCUT2D eigenvalue weighted by Gasteiger charge is -2.44. The number of nitrogens with zero attached hydrogens (tertiary/aromatic N) is 3. The van der Waals surface area contributed by atoms with Gasteiger partial charge in [0, 0.05) is 37.6 Å². The molecule has 3 heterocycles. The summed E-state index contributed by atoms with van der Waals surface area (Å²) in [4.78, 5) is 21.7. The summed E-state index contributed by atoms with van der Waals surface area (Å²) in [7, 11) is 3.71. The van der Waals surface area contributed by atoms with Crippen molar-refractivity contribution in [1.29, 1.82) is 0 Å². The third-order valence-corrected chi connectivity index (χ3v) is 7.17. The molecule has 1 amide bonds. The molecule has 1 N–H and O–H groups in total. The smallest absolute Gasteiger partial charge is 0.227 e. The number of fused-ring (bicyclic) bond motifs is 3. The van der Waals surface area contributed by atoms with Crippen molar-refractivity contribution < 1.29 is 14.6 Å². The Bertz CT molecular complexity index is 1130. The lowest BCUT2D eigenvalue weighted by atomic mass is 9.81. The van der Waals surface area contributed by atoms with E-state index < -0.39 is 0 Å². The second kappa shape index (κ2) is 8.87. The molecule has 1 aromatic heterocycles. The number of likely N-dealkylation sites (N-methyl/N-ethyl adjacent to an activating group) is 1. The second-order valence-corrected chi connectivity index (χ2v) is 8.89. The molecule has 170 valence electrons. The Morgan fingerprint density at radius 2 is 1.94 bits per heavy atom. The van der Waals surface area contributed by atoms with Gasteiger partial charge in [-0.3, -0.25) is 9.78 Å². The average molecular weight is 444 g/mol. The van der Waals surface area contributed by atoms with E-state index in [1.54, 1.807) is 19.5 Å². The highest BCUT2D eigenvalue weighted by Gasteiger charge is 2.47. The number of aliphatic hydroxyl groups is 1. The zero-order chi connectivity index (χ0) is 22.9. The number of likely N-dealkylation sites (tertiary alicyclic amines) is 1. The van der Waals surface area contributed by atoms with Crippen molar-refractivity contribution in [2.24, 2.45) is 5.92 Å². The molecule has 33 heavy (non-hydrogen) atoms. The van der Waals surface area contributed by atoms with Crippen molar-refractivity contribution in [3.63, 3.8) is 0 Å². The molecule has 1 fully saturated rings. The van der Waals surface area contributed by atoms with Gasteiger partial charge in [0.05, 0.1) is 32.2 Å². The van der Waals surface area contributed by atoms with Gasteiger partial charge in [0.15, 0.2) is 0 Å². The number of benzene rings is 2. The Kier molecular flexibility index (Phi) is 5.77. The minimum atomic E-state index is -0.0456. The van der Waals surface area contributed by atoms with Gasteiger partial charge in [0.1, 0.15) is 5.75 Å². The first kappa shape index (κ1) is 21.5. The average Bonchev–Trinajstić information content (AvgIpc) is 3.30. The van der Waals surface area contributed by atoms with Gasteiger partial charge < -0.3 is 19.6 Å². The normalized spacial score (nSPS) is 21.5. The van der Waals surface area contributed by atoms with Gasteiger partial charge in [-0.15, -0.1) is 0 Å². The van der Waals surface area contributed by atoms with Crippen LogP contribution in [0.5, 0.6) is 5.75 Å². The van der Waals surface area contributed by atoms with Crippen LogP contribution in [0, 0.1) is 5.92 Å². The van der Waals surface area contributed by atoms with Crippen LogP contribution < -0.4 is 9.64 Å². The Labute approximate surface area is 194 Å². The number of pyridine rings is 1. The molecule has 0 radical (unpaired) electrons. The van der Waals surface area contributed by atoms with Crippen molar-refractivity contribution in [3.8, 4) is 16.9 Å². The molecule has 0 saturated carbocycles. The maximum Gasteiger partial charge on any atom is 0.227 e. The molecular weight excluding hydrogens is 414 g/mol. The molecule has 0 spiro atoms. The van der Waals surface area contributed by atoms with E-state index in [0.717, 1.165) is 40.1 Å². The number of methoxy groups -OCH3 is 1. The lowest BCUT2D eigenvalue weighted by Crippen LogP contribution is -2.48. The predicted molar refractivity (Wildman–Crippen MR) is 128 cm³/mol. The fourth-order valence-electron chi connectivity index (χ4n) is 5.48. The summed E-state index contributed by atoms with van der Waals surface area (Å²) in [6.45, 7) is 0.771. The van der Waals surface area contributed by atoms with Gasteiger partial charge in [-0.1, -0.05) is 24.3 Å². The first-order valence-corrected chi connectivity index (χ1v) is 11.4. The number of hydrogen-bond acceptors (Lipinski definition) is 5. The van der Waals surface area contributed by atoms with Crippen LogP contribution >= 0.6 is 0 Å². The van der Waals surface area contributed by atoms with Crippen molar-refractivity contribution >= 4 is 11.6 Å². The maximum atomic E-state index is 13.4. The van der Waals surface area contributed by atoms with Gasteiger partial charge in [-0.2, -0.15) is 0 Å². The molecule has 3 aromatic rings. The summed E-state index contributed by atoms with van der Waals surface area (Å²) in [5.74, 6) is 1.12. The number of carbonyl (C=O) groups excluding carboxylic acids is 1. The molecule has 5 rings (SSSR count). The number of aliphatic hydroxyl groups excluding tert-OH is 1. The van der Waals surface area contributed by atoms with Crippen molar-refractivity contribution in [2.45, 2.75) is 24.9 Å². The monoisotopic (exact) mass is 443 g/mol. The van der Waals surface area contributed by atoms with Crippen LogP contribution in [0.3, 0.4) is 0 Å². The van der Waals surface area contributed by atoms with Crippen molar-refractivity contribution in [1.82, 2.24) is 9.88 Å². The number of rotatable bonds is 5. The SMILES string of the molecule is COc1ccc(-c2ccc3c(c2)[C@H]2[C@H](CCN2C(=O)Cc2cccnc2)[C@H](CO)N3C)cc1. The van der Waals surface area contributed by atoms with E-state index >= 15 is 0 Å². The molecule has 2 aliphatic heterocycles. The summed E-state index contributed by atoms with van der Waals surface area (Å²) in [5.41, 5.74) is 5.36. The molecule has 6 heteroatoms. The largest absolute Gasteiger partial charge is 0.497 e. The quantitative estimate of drug-likeness (QED) is 0.651. The van der Waals surface area contributed by atoms with E-state index in [-0.39, 0.29) is 30.5 Å². The molecule has 6 nitrogen and oxygen atoms in total. The first-order valence-electron chi connectivity index (χ1n) is 11.4. The topological polar surface area (TPSA) is 65.9 Å². The highest BCUT2D eigenvalue weighted by Crippen LogP contribution is 2.49. The van der Waals surface area contributed by atoms with Crippen LogP contribution in [0.25, 0.3) is 11.1 Å². The van der Waals surface area contributed by atoms with Crippen LogP contribution in [0.4, 0.5) is 5.69 Å². The summed E-state index contributed by atoms with van der Waals surface area (Å²) in [6, 6.07) is 18.2. The second-order valence-electron chi connectivity index (χ2n) is 8.89. The minimum absolute atomic E-state index is 0.00877. The number of amides is 1. The standard InChI is InChI=1S/C27H29N3O3/c1-29-24-10-7-20(19-5-8-21(33-2)9-6-19)15-23(24)27-22(25(29)17-31)11-13-30(27)26(32)14-18-4-3-12-28-16-18/h3-10,12,15-16,22,25,27,31H,11,13-14,17H2,1-2H3/t22-,25+,27-/m1/s1. The van der Waals surface area contributed by atoms with Crippen LogP contribution in [0.2, 0.25) is 0 Å². The van der Waals surface area contributed by atoms with Crippen LogP contribution in [0.15, 0.2) is 67.0 Å². The van der Waals surface area contributed by atoms with E-state index in [1.165, 1.54) is 0 Å². The van der Waals surface area contributed by atoms with Crippen molar-refractivity contribution in [2.75, 3.05) is 32.2 Å². The lowest BCUT2D eigenvalue weighted by molar-refractivity contribution is -0.132. The minimum Gasteiger partial charge on any atom is -0.497 e. The van der Waals surface area contributed by atoms with Gasteiger partial charge >= 0.3 is 0 Å². The fraction of sp³-hybridized carbons (Fsp3) is 0.333. The molecule has 0 bridgehead atoms. The zero-order valence-electron chi connectivity index (χ0n) is 19.0. The molecule has 1 saturated heterocycles. The van der Waals surface area contributed by atoms with Crippen molar-refractivity contribution in [3.05, 3.63) is 78.1 Å². The number of hydrogen-bond donors (Lipinski definition) is 1. The third kappa shape index (κ3) is 3.85. The number of ether oxygens (including phenoxy) is 1. The summed E-state index contributed by atoms with van der Waals surface area (Å²) in [6.07, 6.45) is 4.70. The Morgan fingerprint density at radius 1 is 1.15 bits per heavy atom. The number of anilines is 1. The number of aromatic nitrogens is 1. The predicted octanol–water partition coefficient (Wildman–Crippen LogP) is 3.70. The maximum absolute atomic E-state index is 13.4. The molecule has 2 aromatic carbocycles. The van der Waals surface area contributed by atoms with E-state index in [1.807, 2.05) is 36.2 Å². The summed E-state index contributed by atoms with van der Waals surface area (Å²) < 4.78 is 5.30. The van der Waals surface area contributed by atoms with Gasteiger partial charge in [-0.25, -0.2) is 0 Å². The van der Waals surface area contributed by atoms with E-state index in [9.17, 15) is 9.90 Å². The fourth-order valence-corrected chi connectivity index (χ4v) is 5.48.